The lowest BCUT2D eigenvalue weighted by atomic mass is 10.1. The van der Waals surface area contributed by atoms with Crippen molar-refractivity contribution in [3.63, 3.8) is 0 Å². The van der Waals surface area contributed by atoms with Gasteiger partial charge in [-0.3, -0.25) is 4.79 Å². The Labute approximate surface area is 167 Å². The quantitative estimate of drug-likeness (QED) is 0.706. The number of carbonyl (C=O) groups excluding carboxylic acids is 1. The number of hydrogen-bond acceptors (Lipinski definition) is 3. The van der Waals surface area contributed by atoms with E-state index in [0.717, 1.165) is 23.1 Å². The molecule has 4 nitrogen and oxygen atoms in total. The normalized spacial score (nSPS) is 14.2. The van der Waals surface area contributed by atoms with Crippen LogP contribution in [-0.2, 0) is 11.3 Å². The summed E-state index contributed by atoms with van der Waals surface area (Å²) >= 11 is 9.41. The molecule has 1 fully saturated rings. The Hall–Kier alpha value is -1.72. The number of piperidine rings is 1. The van der Waals surface area contributed by atoms with Crippen LogP contribution >= 0.6 is 27.5 Å². The van der Waals surface area contributed by atoms with Crippen LogP contribution in [0.1, 0.15) is 24.8 Å². The van der Waals surface area contributed by atoms with Crippen molar-refractivity contribution in [3.8, 4) is 5.75 Å². The summed E-state index contributed by atoms with van der Waals surface area (Å²) in [4.78, 5) is 14.4. The van der Waals surface area contributed by atoms with Crippen LogP contribution < -0.4 is 15.0 Å². The first-order chi connectivity index (χ1) is 12.6. The molecule has 1 heterocycles. The lowest BCUT2D eigenvalue weighted by Gasteiger charge is -2.28. The minimum atomic E-state index is -0.177. The molecule has 0 atom stereocenters. The molecule has 1 saturated heterocycles. The minimum Gasteiger partial charge on any atom is -0.482 e. The Balaban J connectivity index is 1.45. The van der Waals surface area contributed by atoms with Gasteiger partial charge >= 0.3 is 0 Å². The highest BCUT2D eigenvalue weighted by Gasteiger charge is 2.11. The van der Waals surface area contributed by atoms with Gasteiger partial charge in [0.15, 0.2) is 6.61 Å². The third-order valence-electron chi connectivity index (χ3n) is 4.40. The van der Waals surface area contributed by atoms with Crippen LogP contribution in [0.3, 0.4) is 0 Å². The monoisotopic (exact) mass is 436 g/mol. The summed E-state index contributed by atoms with van der Waals surface area (Å²) < 4.78 is 6.34. The summed E-state index contributed by atoms with van der Waals surface area (Å²) in [5.74, 6) is 0.319. The Morgan fingerprint density at radius 1 is 1.12 bits per heavy atom. The molecule has 26 heavy (non-hydrogen) atoms. The van der Waals surface area contributed by atoms with Crippen LogP contribution in [0, 0.1) is 0 Å². The number of hydrogen-bond donors (Lipinski definition) is 1. The first-order valence-corrected chi connectivity index (χ1v) is 9.97. The topological polar surface area (TPSA) is 41.6 Å². The molecule has 0 unspecified atom stereocenters. The van der Waals surface area contributed by atoms with E-state index in [1.807, 2.05) is 6.07 Å². The van der Waals surface area contributed by atoms with Gasteiger partial charge in [-0.05, 0) is 55.2 Å². The standard InChI is InChI=1S/C20H22BrClN2O2/c21-16-6-9-19(18(22)12-16)26-14-20(25)23-13-15-4-7-17(8-5-15)24-10-2-1-3-11-24/h4-9,12H,1-3,10-11,13-14H2,(H,23,25). The van der Waals surface area contributed by atoms with Crippen molar-refractivity contribution in [1.29, 1.82) is 0 Å². The highest BCUT2D eigenvalue weighted by atomic mass is 79.9. The Morgan fingerprint density at radius 3 is 2.54 bits per heavy atom. The molecule has 0 saturated carbocycles. The fraction of sp³-hybridized carbons (Fsp3) is 0.350. The van der Waals surface area contributed by atoms with E-state index in [2.05, 4.69) is 50.4 Å². The van der Waals surface area contributed by atoms with Crippen molar-refractivity contribution >= 4 is 39.1 Å². The van der Waals surface area contributed by atoms with E-state index in [1.165, 1.54) is 24.9 Å². The van der Waals surface area contributed by atoms with Crippen LogP contribution in [0.4, 0.5) is 5.69 Å². The number of ether oxygens (including phenoxy) is 1. The summed E-state index contributed by atoms with van der Waals surface area (Å²) in [6, 6.07) is 13.7. The highest BCUT2D eigenvalue weighted by molar-refractivity contribution is 9.10. The van der Waals surface area contributed by atoms with E-state index in [1.54, 1.807) is 12.1 Å². The molecule has 0 aliphatic carbocycles. The summed E-state index contributed by atoms with van der Waals surface area (Å²) in [6.45, 7) is 2.68. The van der Waals surface area contributed by atoms with Crippen molar-refractivity contribution in [2.45, 2.75) is 25.8 Å². The maximum absolute atomic E-state index is 12.0. The molecule has 6 heteroatoms. The third-order valence-corrected chi connectivity index (χ3v) is 5.19. The van der Waals surface area contributed by atoms with Gasteiger partial charge in [0.05, 0.1) is 5.02 Å². The molecule has 1 N–H and O–H groups in total. The average molecular weight is 438 g/mol. The van der Waals surface area contributed by atoms with Crippen molar-refractivity contribution in [2.24, 2.45) is 0 Å². The molecule has 1 aliphatic rings. The summed E-state index contributed by atoms with van der Waals surface area (Å²) in [5, 5.41) is 3.34. The molecule has 138 valence electrons. The third kappa shape index (κ3) is 5.39. The molecule has 1 aliphatic heterocycles. The summed E-state index contributed by atoms with van der Waals surface area (Å²) in [5.41, 5.74) is 2.33. The predicted molar refractivity (Wildman–Crippen MR) is 109 cm³/mol. The summed E-state index contributed by atoms with van der Waals surface area (Å²) in [7, 11) is 0. The van der Waals surface area contributed by atoms with Gasteiger partial charge in [0, 0.05) is 29.8 Å². The van der Waals surface area contributed by atoms with Crippen molar-refractivity contribution in [3.05, 3.63) is 57.5 Å². The van der Waals surface area contributed by atoms with E-state index in [-0.39, 0.29) is 12.5 Å². The first kappa shape index (κ1) is 19.1. The molecule has 2 aromatic rings. The fourth-order valence-corrected chi connectivity index (χ4v) is 3.69. The molecular weight excluding hydrogens is 416 g/mol. The largest absolute Gasteiger partial charge is 0.482 e. The van der Waals surface area contributed by atoms with E-state index < -0.39 is 0 Å². The average Bonchev–Trinajstić information content (AvgIpc) is 2.67. The van der Waals surface area contributed by atoms with Gasteiger partial charge in [-0.1, -0.05) is 39.7 Å². The SMILES string of the molecule is O=C(COc1ccc(Br)cc1Cl)NCc1ccc(N2CCCCC2)cc1. The molecule has 3 rings (SSSR count). The zero-order chi connectivity index (χ0) is 18.4. The number of anilines is 1. The zero-order valence-corrected chi connectivity index (χ0v) is 16.9. The van der Waals surface area contributed by atoms with E-state index in [0.29, 0.717) is 17.3 Å². The highest BCUT2D eigenvalue weighted by Crippen LogP contribution is 2.27. The fourth-order valence-electron chi connectivity index (χ4n) is 2.96. The van der Waals surface area contributed by atoms with Gasteiger partial charge in [-0.25, -0.2) is 0 Å². The number of nitrogens with zero attached hydrogens (tertiary/aromatic N) is 1. The van der Waals surface area contributed by atoms with Crippen molar-refractivity contribution in [2.75, 3.05) is 24.6 Å². The lowest BCUT2D eigenvalue weighted by molar-refractivity contribution is -0.123. The Morgan fingerprint density at radius 2 is 1.85 bits per heavy atom. The molecule has 2 aromatic carbocycles. The predicted octanol–water partition coefficient (Wildman–Crippen LogP) is 4.79. The van der Waals surface area contributed by atoms with Gasteiger partial charge in [0.1, 0.15) is 5.75 Å². The van der Waals surface area contributed by atoms with Crippen LogP contribution in [0.15, 0.2) is 46.9 Å². The maximum Gasteiger partial charge on any atom is 0.258 e. The Kier molecular flexibility index (Phi) is 6.80. The van der Waals surface area contributed by atoms with Gasteiger partial charge in [0.2, 0.25) is 0 Å². The maximum atomic E-state index is 12.0. The van der Waals surface area contributed by atoms with Crippen molar-refractivity contribution in [1.82, 2.24) is 5.32 Å². The zero-order valence-electron chi connectivity index (χ0n) is 14.5. The van der Waals surface area contributed by atoms with Crippen LogP contribution in [0.5, 0.6) is 5.75 Å². The number of nitrogens with one attached hydrogen (secondary N) is 1. The molecular formula is C20H22BrClN2O2. The van der Waals surface area contributed by atoms with Crippen LogP contribution in [-0.4, -0.2) is 25.6 Å². The van der Waals surface area contributed by atoms with Gasteiger partial charge in [0.25, 0.3) is 5.91 Å². The molecule has 1 amide bonds. The smallest absolute Gasteiger partial charge is 0.258 e. The first-order valence-electron chi connectivity index (χ1n) is 8.80. The second-order valence-corrected chi connectivity index (χ2v) is 7.68. The minimum absolute atomic E-state index is 0.0623. The molecule has 0 spiro atoms. The van der Waals surface area contributed by atoms with E-state index >= 15 is 0 Å². The number of halogens is 2. The number of amides is 1. The lowest BCUT2D eigenvalue weighted by Crippen LogP contribution is -2.29. The number of benzene rings is 2. The summed E-state index contributed by atoms with van der Waals surface area (Å²) in [6.07, 6.45) is 3.86. The Bertz CT molecular complexity index is 746. The van der Waals surface area contributed by atoms with Crippen LogP contribution in [0.25, 0.3) is 0 Å². The van der Waals surface area contributed by atoms with Gasteiger partial charge in [-0.15, -0.1) is 0 Å². The second kappa shape index (κ2) is 9.28. The van der Waals surface area contributed by atoms with Gasteiger partial charge in [-0.2, -0.15) is 0 Å². The van der Waals surface area contributed by atoms with E-state index in [9.17, 15) is 4.79 Å². The molecule has 0 aromatic heterocycles. The van der Waals surface area contributed by atoms with Gasteiger partial charge < -0.3 is 15.0 Å². The van der Waals surface area contributed by atoms with Crippen molar-refractivity contribution < 1.29 is 9.53 Å². The number of rotatable bonds is 6. The van der Waals surface area contributed by atoms with Crippen LogP contribution in [0.2, 0.25) is 5.02 Å². The second-order valence-electron chi connectivity index (χ2n) is 6.35. The number of carbonyl (C=O) groups is 1. The van der Waals surface area contributed by atoms with E-state index in [4.69, 9.17) is 16.3 Å². The molecule has 0 radical (unpaired) electrons. The molecule has 0 bridgehead atoms.